The molecule has 7 nitrogen and oxygen atoms in total. The second kappa shape index (κ2) is 6.49. The predicted molar refractivity (Wildman–Crippen MR) is 93.4 cm³/mol. The van der Waals surface area contributed by atoms with Gasteiger partial charge in [-0.15, -0.1) is 0 Å². The van der Waals surface area contributed by atoms with Gasteiger partial charge in [-0.2, -0.15) is 9.97 Å². The number of rotatable bonds is 4. The third-order valence-electron chi connectivity index (χ3n) is 4.37. The Bertz CT molecular complexity index is 918. The number of nitrogens with one attached hydrogen (secondary N) is 3. The lowest BCUT2D eigenvalue weighted by Crippen LogP contribution is -2.41. The molecule has 2 aromatic heterocycles. The molecule has 0 atom stereocenters. The molecule has 0 saturated carbocycles. The van der Waals surface area contributed by atoms with Crippen LogP contribution in [0.15, 0.2) is 24.4 Å². The zero-order valence-corrected chi connectivity index (χ0v) is 14.1. The average molecular weight is 360 g/mol. The fraction of sp³-hybridized carbons (Fsp3) is 0.353. The van der Waals surface area contributed by atoms with E-state index < -0.39 is 11.6 Å². The van der Waals surface area contributed by atoms with Crippen molar-refractivity contribution >= 4 is 28.7 Å². The van der Waals surface area contributed by atoms with Crippen molar-refractivity contribution in [1.29, 1.82) is 0 Å². The molecule has 9 heteroatoms. The van der Waals surface area contributed by atoms with Crippen LogP contribution in [0.1, 0.15) is 19.8 Å². The fourth-order valence-electron chi connectivity index (χ4n) is 2.91. The van der Waals surface area contributed by atoms with Crippen LogP contribution in [-0.4, -0.2) is 38.7 Å². The van der Waals surface area contributed by atoms with E-state index in [1.54, 1.807) is 6.20 Å². The van der Waals surface area contributed by atoms with E-state index in [1.165, 1.54) is 12.1 Å². The van der Waals surface area contributed by atoms with E-state index in [9.17, 15) is 8.78 Å². The minimum atomic E-state index is -0.667. The summed E-state index contributed by atoms with van der Waals surface area (Å²) in [5.41, 5.74) is 1.20. The maximum atomic E-state index is 13.3. The van der Waals surface area contributed by atoms with Gasteiger partial charge in [0.25, 0.3) is 0 Å². The number of H-pyrrole nitrogens is 1. The molecule has 0 amide bonds. The summed E-state index contributed by atoms with van der Waals surface area (Å²) >= 11 is 0. The van der Waals surface area contributed by atoms with Gasteiger partial charge in [-0.1, -0.05) is 0 Å². The van der Waals surface area contributed by atoms with E-state index in [1.807, 2.05) is 0 Å². The van der Waals surface area contributed by atoms with Gasteiger partial charge in [0.1, 0.15) is 17.2 Å². The van der Waals surface area contributed by atoms with Crippen molar-refractivity contribution in [1.82, 2.24) is 19.9 Å². The normalized spacial score (nSPS) is 16.6. The second-order valence-electron chi connectivity index (χ2n) is 6.60. The number of ether oxygens (including phenoxy) is 1. The number of nitrogens with zero attached hydrogens (tertiary/aromatic N) is 3. The van der Waals surface area contributed by atoms with Crippen molar-refractivity contribution in [3.05, 3.63) is 36.0 Å². The molecule has 1 aliphatic rings. The minimum Gasteiger partial charge on any atom is -0.381 e. The molecule has 1 aliphatic heterocycles. The van der Waals surface area contributed by atoms with Gasteiger partial charge in [0.2, 0.25) is 11.9 Å². The number of aromatic amines is 1. The smallest absolute Gasteiger partial charge is 0.225 e. The quantitative estimate of drug-likeness (QED) is 0.661. The first kappa shape index (κ1) is 16.6. The highest BCUT2D eigenvalue weighted by Gasteiger charge is 2.28. The van der Waals surface area contributed by atoms with Crippen LogP contribution in [0.5, 0.6) is 0 Å². The number of aromatic nitrogens is 4. The highest BCUT2D eigenvalue weighted by atomic mass is 19.1. The van der Waals surface area contributed by atoms with Crippen LogP contribution in [0, 0.1) is 11.6 Å². The summed E-state index contributed by atoms with van der Waals surface area (Å²) < 4.78 is 32.0. The molecule has 0 radical (unpaired) electrons. The lowest BCUT2D eigenvalue weighted by molar-refractivity contribution is 0.0656. The Kier molecular flexibility index (Phi) is 4.15. The standard InChI is InChI=1S/C17H18F2N6O/c1-17(2-4-26-5-3-17)25-15-20-9-13-14(23-15)24-16(22-13)21-12-7-10(18)6-11(19)8-12/h6-9H,2-5H2,1H3,(H3,20,21,22,23,24,25). The lowest BCUT2D eigenvalue weighted by Gasteiger charge is -2.34. The summed E-state index contributed by atoms with van der Waals surface area (Å²) in [5, 5.41) is 6.18. The molecule has 3 N–H and O–H groups in total. The monoisotopic (exact) mass is 360 g/mol. The van der Waals surface area contributed by atoms with Gasteiger partial charge in [-0.3, -0.25) is 0 Å². The summed E-state index contributed by atoms with van der Waals surface area (Å²) in [5.74, 6) is -0.523. The van der Waals surface area contributed by atoms with E-state index in [-0.39, 0.29) is 11.2 Å². The molecular weight excluding hydrogens is 342 g/mol. The first-order valence-corrected chi connectivity index (χ1v) is 8.31. The molecule has 4 rings (SSSR count). The third kappa shape index (κ3) is 3.57. The fourth-order valence-corrected chi connectivity index (χ4v) is 2.91. The van der Waals surface area contributed by atoms with Crippen LogP contribution in [-0.2, 0) is 4.74 Å². The van der Waals surface area contributed by atoms with Gasteiger partial charge in [-0.25, -0.2) is 13.8 Å². The molecule has 3 heterocycles. The van der Waals surface area contributed by atoms with Gasteiger partial charge in [0.05, 0.1) is 6.20 Å². The van der Waals surface area contributed by atoms with Gasteiger partial charge in [0.15, 0.2) is 5.65 Å². The summed E-state index contributed by atoms with van der Waals surface area (Å²) in [6, 6.07) is 3.17. The Morgan fingerprint density at radius 3 is 2.58 bits per heavy atom. The number of hydrogen-bond acceptors (Lipinski definition) is 6. The number of fused-ring (bicyclic) bond motifs is 1. The molecule has 0 aliphatic carbocycles. The zero-order chi connectivity index (χ0) is 18.1. The van der Waals surface area contributed by atoms with E-state index >= 15 is 0 Å². The van der Waals surface area contributed by atoms with Crippen molar-refractivity contribution in [3.8, 4) is 0 Å². The summed E-state index contributed by atoms with van der Waals surface area (Å²) in [6.45, 7) is 3.51. The van der Waals surface area contributed by atoms with Gasteiger partial charge >= 0.3 is 0 Å². The van der Waals surface area contributed by atoms with Crippen molar-refractivity contribution in [3.63, 3.8) is 0 Å². The number of imidazole rings is 1. The Hall–Kier alpha value is -2.81. The molecule has 1 saturated heterocycles. The molecule has 0 spiro atoms. The van der Waals surface area contributed by atoms with Crippen LogP contribution < -0.4 is 10.6 Å². The molecule has 136 valence electrons. The third-order valence-corrected chi connectivity index (χ3v) is 4.37. The lowest BCUT2D eigenvalue weighted by atomic mass is 9.93. The predicted octanol–water partition coefficient (Wildman–Crippen LogP) is 3.36. The number of hydrogen-bond donors (Lipinski definition) is 3. The van der Waals surface area contributed by atoms with Crippen LogP contribution in [0.2, 0.25) is 0 Å². The maximum Gasteiger partial charge on any atom is 0.225 e. The first-order chi connectivity index (χ1) is 12.5. The molecule has 1 aromatic carbocycles. The number of anilines is 3. The van der Waals surface area contributed by atoms with Gasteiger partial charge in [-0.05, 0) is 31.9 Å². The molecule has 0 bridgehead atoms. The van der Waals surface area contributed by atoms with E-state index in [0.29, 0.717) is 36.3 Å². The highest BCUT2D eigenvalue weighted by Crippen LogP contribution is 2.25. The molecule has 0 unspecified atom stereocenters. The van der Waals surface area contributed by atoms with Crippen LogP contribution in [0.25, 0.3) is 11.2 Å². The molecule has 1 fully saturated rings. The van der Waals surface area contributed by atoms with Crippen molar-refractivity contribution in [2.24, 2.45) is 0 Å². The Morgan fingerprint density at radius 2 is 1.85 bits per heavy atom. The second-order valence-corrected chi connectivity index (χ2v) is 6.60. The number of halogens is 2. The topological polar surface area (TPSA) is 87.8 Å². The zero-order valence-electron chi connectivity index (χ0n) is 14.1. The Balaban J connectivity index is 1.55. The minimum absolute atomic E-state index is 0.123. The summed E-state index contributed by atoms with van der Waals surface area (Å²) in [4.78, 5) is 16.0. The van der Waals surface area contributed by atoms with Crippen LogP contribution in [0.3, 0.4) is 0 Å². The van der Waals surface area contributed by atoms with Gasteiger partial charge < -0.3 is 20.4 Å². The molecule has 3 aromatic rings. The Morgan fingerprint density at radius 1 is 1.12 bits per heavy atom. The Labute approximate surface area is 148 Å². The number of benzene rings is 1. The van der Waals surface area contributed by atoms with Crippen molar-refractivity contribution < 1.29 is 13.5 Å². The summed E-state index contributed by atoms with van der Waals surface area (Å²) in [6.07, 6.45) is 3.36. The van der Waals surface area contributed by atoms with Crippen molar-refractivity contribution in [2.45, 2.75) is 25.3 Å². The van der Waals surface area contributed by atoms with E-state index in [0.717, 1.165) is 18.9 Å². The van der Waals surface area contributed by atoms with Crippen molar-refractivity contribution in [2.75, 3.05) is 23.8 Å². The van der Waals surface area contributed by atoms with E-state index in [2.05, 4.69) is 37.5 Å². The maximum absolute atomic E-state index is 13.3. The van der Waals surface area contributed by atoms with Gasteiger partial charge in [0, 0.05) is 30.5 Å². The molecular formula is C17H18F2N6O. The average Bonchev–Trinajstić information content (AvgIpc) is 2.95. The largest absolute Gasteiger partial charge is 0.381 e. The molecule has 26 heavy (non-hydrogen) atoms. The van der Waals surface area contributed by atoms with Crippen LogP contribution >= 0.6 is 0 Å². The van der Waals surface area contributed by atoms with E-state index in [4.69, 9.17) is 4.74 Å². The van der Waals surface area contributed by atoms with Crippen LogP contribution in [0.4, 0.5) is 26.4 Å². The highest BCUT2D eigenvalue weighted by molar-refractivity contribution is 5.74. The SMILES string of the molecule is CC1(Nc2ncc3[nH]c(Nc4cc(F)cc(F)c4)nc3n2)CCOCC1. The first-order valence-electron chi connectivity index (χ1n) is 8.31. The summed E-state index contributed by atoms with van der Waals surface area (Å²) in [7, 11) is 0.